The molecule has 158 valence electrons. The SMILES string of the molecule is CC(=O)N1CCC(C(=O)N2CCC[C@@H]2c2cccc(Cc3ccccc3Cl)n2)CC1. The molecule has 0 bridgehead atoms. The lowest BCUT2D eigenvalue weighted by atomic mass is 9.94. The third-order valence-electron chi connectivity index (χ3n) is 6.32. The summed E-state index contributed by atoms with van der Waals surface area (Å²) in [5.41, 5.74) is 2.99. The van der Waals surface area contributed by atoms with E-state index in [0.717, 1.165) is 54.2 Å². The van der Waals surface area contributed by atoms with E-state index in [9.17, 15) is 9.59 Å². The number of likely N-dealkylation sites (tertiary alicyclic amines) is 2. The van der Waals surface area contributed by atoms with E-state index in [1.807, 2.05) is 52.3 Å². The van der Waals surface area contributed by atoms with Crippen LogP contribution < -0.4 is 0 Å². The second-order valence-electron chi connectivity index (χ2n) is 8.29. The van der Waals surface area contributed by atoms with Crippen molar-refractivity contribution in [1.82, 2.24) is 14.8 Å². The maximum Gasteiger partial charge on any atom is 0.226 e. The number of rotatable bonds is 4. The van der Waals surface area contributed by atoms with E-state index in [2.05, 4.69) is 0 Å². The molecular formula is C24H28ClN3O2. The summed E-state index contributed by atoms with van der Waals surface area (Å²) >= 11 is 6.32. The zero-order valence-corrected chi connectivity index (χ0v) is 18.1. The van der Waals surface area contributed by atoms with Crippen LogP contribution in [0, 0.1) is 5.92 Å². The molecule has 0 saturated carbocycles. The van der Waals surface area contributed by atoms with Crippen molar-refractivity contribution in [1.29, 1.82) is 0 Å². The van der Waals surface area contributed by atoms with Gasteiger partial charge in [0.2, 0.25) is 11.8 Å². The monoisotopic (exact) mass is 425 g/mol. The van der Waals surface area contributed by atoms with E-state index in [1.165, 1.54) is 0 Å². The second-order valence-corrected chi connectivity index (χ2v) is 8.70. The van der Waals surface area contributed by atoms with Crippen molar-refractivity contribution in [2.45, 2.75) is 45.1 Å². The van der Waals surface area contributed by atoms with Crippen LogP contribution in [-0.4, -0.2) is 46.2 Å². The lowest BCUT2D eigenvalue weighted by Gasteiger charge is -2.34. The van der Waals surface area contributed by atoms with Gasteiger partial charge in [-0.2, -0.15) is 0 Å². The first-order valence-electron chi connectivity index (χ1n) is 10.8. The van der Waals surface area contributed by atoms with E-state index >= 15 is 0 Å². The number of aromatic nitrogens is 1. The van der Waals surface area contributed by atoms with Crippen molar-refractivity contribution in [3.63, 3.8) is 0 Å². The van der Waals surface area contributed by atoms with Gasteiger partial charge in [-0.05, 0) is 49.4 Å². The number of amides is 2. The van der Waals surface area contributed by atoms with Crippen LogP contribution in [-0.2, 0) is 16.0 Å². The third kappa shape index (κ3) is 4.51. The molecule has 2 saturated heterocycles. The molecule has 4 rings (SSSR count). The lowest BCUT2D eigenvalue weighted by Crippen LogP contribution is -2.43. The van der Waals surface area contributed by atoms with Gasteiger partial charge in [-0.25, -0.2) is 0 Å². The highest BCUT2D eigenvalue weighted by Gasteiger charge is 2.36. The van der Waals surface area contributed by atoms with Crippen LogP contribution in [0.4, 0.5) is 0 Å². The maximum atomic E-state index is 13.3. The zero-order valence-electron chi connectivity index (χ0n) is 17.4. The van der Waals surface area contributed by atoms with E-state index in [1.54, 1.807) is 6.92 Å². The highest BCUT2D eigenvalue weighted by molar-refractivity contribution is 6.31. The predicted octanol–water partition coefficient (Wildman–Crippen LogP) is 4.25. The molecule has 2 aliphatic rings. The van der Waals surface area contributed by atoms with Gasteiger partial charge in [-0.3, -0.25) is 14.6 Å². The van der Waals surface area contributed by atoms with Crippen molar-refractivity contribution in [3.05, 3.63) is 64.4 Å². The summed E-state index contributed by atoms with van der Waals surface area (Å²) in [6, 6.07) is 14.0. The zero-order chi connectivity index (χ0) is 21.1. The minimum atomic E-state index is 0.00695. The summed E-state index contributed by atoms with van der Waals surface area (Å²) in [6.07, 6.45) is 4.13. The van der Waals surface area contributed by atoms with E-state index in [-0.39, 0.29) is 23.8 Å². The Balaban J connectivity index is 1.46. The Kier molecular flexibility index (Phi) is 6.38. The van der Waals surface area contributed by atoms with Crippen LogP contribution in [0.5, 0.6) is 0 Å². The lowest BCUT2D eigenvalue weighted by molar-refractivity contribution is -0.140. The number of carbonyl (C=O) groups excluding carboxylic acids is 2. The molecule has 0 N–H and O–H groups in total. The Hall–Kier alpha value is -2.40. The predicted molar refractivity (Wildman–Crippen MR) is 117 cm³/mol. The fourth-order valence-electron chi connectivity index (χ4n) is 4.63. The molecule has 0 radical (unpaired) electrons. The summed E-state index contributed by atoms with van der Waals surface area (Å²) in [5.74, 6) is 0.325. The van der Waals surface area contributed by atoms with Gasteiger partial charge >= 0.3 is 0 Å². The summed E-state index contributed by atoms with van der Waals surface area (Å²) < 4.78 is 0. The van der Waals surface area contributed by atoms with Gasteiger partial charge in [0, 0.05) is 49.6 Å². The number of carbonyl (C=O) groups is 2. The van der Waals surface area contributed by atoms with Crippen LogP contribution in [0.2, 0.25) is 5.02 Å². The van der Waals surface area contributed by atoms with Crippen LogP contribution in [0.3, 0.4) is 0 Å². The molecule has 1 aromatic heterocycles. The van der Waals surface area contributed by atoms with Crippen LogP contribution in [0.1, 0.15) is 55.6 Å². The van der Waals surface area contributed by atoms with Crippen molar-refractivity contribution in [2.75, 3.05) is 19.6 Å². The molecule has 3 heterocycles. The minimum absolute atomic E-state index is 0.00695. The van der Waals surface area contributed by atoms with Crippen molar-refractivity contribution in [3.8, 4) is 0 Å². The highest BCUT2D eigenvalue weighted by atomic mass is 35.5. The molecule has 2 fully saturated rings. The number of halogens is 1. The highest BCUT2D eigenvalue weighted by Crippen LogP contribution is 2.34. The molecule has 2 aliphatic heterocycles. The quantitative estimate of drug-likeness (QED) is 0.735. The molecule has 30 heavy (non-hydrogen) atoms. The van der Waals surface area contributed by atoms with Gasteiger partial charge in [0.15, 0.2) is 0 Å². The first-order valence-corrected chi connectivity index (χ1v) is 11.2. The summed E-state index contributed by atoms with van der Waals surface area (Å²) in [4.78, 5) is 33.6. The molecule has 6 heteroatoms. The minimum Gasteiger partial charge on any atom is -0.343 e. The summed E-state index contributed by atoms with van der Waals surface area (Å²) in [5, 5.41) is 0.749. The van der Waals surface area contributed by atoms with Gasteiger partial charge in [-0.15, -0.1) is 0 Å². The first kappa shape index (κ1) is 20.9. The van der Waals surface area contributed by atoms with E-state index < -0.39 is 0 Å². The molecule has 1 atom stereocenters. The van der Waals surface area contributed by atoms with Crippen LogP contribution in [0.25, 0.3) is 0 Å². The average Bonchev–Trinajstić information content (AvgIpc) is 3.25. The molecule has 2 aromatic rings. The summed E-state index contributed by atoms with van der Waals surface area (Å²) in [7, 11) is 0. The Morgan fingerprint density at radius 3 is 2.53 bits per heavy atom. The topological polar surface area (TPSA) is 53.5 Å². The Morgan fingerprint density at radius 2 is 1.80 bits per heavy atom. The standard InChI is InChI=1S/C24H28ClN3O2/c1-17(29)27-14-11-18(12-15-27)24(30)28-13-5-10-23(28)22-9-4-7-20(26-22)16-19-6-2-3-8-21(19)25/h2-4,6-9,18,23H,5,10-16H2,1H3/t23-/m1/s1. The number of benzene rings is 1. The fourth-order valence-corrected chi connectivity index (χ4v) is 4.84. The first-order chi connectivity index (χ1) is 14.5. The third-order valence-corrected chi connectivity index (χ3v) is 6.69. The summed E-state index contributed by atoms with van der Waals surface area (Å²) in [6.45, 7) is 3.73. The number of hydrogen-bond acceptors (Lipinski definition) is 3. The molecule has 0 spiro atoms. The molecule has 2 amide bonds. The Morgan fingerprint density at radius 1 is 1.03 bits per heavy atom. The maximum absolute atomic E-state index is 13.3. The van der Waals surface area contributed by atoms with Crippen LogP contribution >= 0.6 is 11.6 Å². The fraction of sp³-hybridized carbons (Fsp3) is 0.458. The van der Waals surface area contributed by atoms with Gasteiger partial charge in [0.25, 0.3) is 0 Å². The van der Waals surface area contributed by atoms with Crippen molar-refractivity contribution >= 4 is 23.4 Å². The molecule has 0 unspecified atom stereocenters. The molecule has 5 nitrogen and oxygen atoms in total. The molecule has 0 aliphatic carbocycles. The van der Waals surface area contributed by atoms with Crippen molar-refractivity contribution in [2.24, 2.45) is 5.92 Å². The molecular weight excluding hydrogens is 398 g/mol. The number of nitrogens with zero attached hydrogens (tertiary/aromatic N) is 3. The smallest absolute Gasteiger partial charge is 0.226 e. The molecule has 1 aromatic carbocycles. The van der Waals surface area contributed by atoms with E-state index in [0.29, 0.717) is 19.5 Å². The number of hydrogen-bond donors (Lipinski definition) is 0. The largest absolute Gasteiger partial charge is 0.343 e. The second kappa shape index (κ2) is 9.17. The number of piperidine rings is 1. The van der Waals surface area contributed by atoms with Gasteiger partial charge < -0.3 is 9.80 Å². The Bertz CT molecular complexity index is 924. The van der Waals surface area contributed by atoms with Gasteiger partial charge in [0.1, 0.15) is 0 Å². The van der Waals surface area contributed by atoms with Gasteiger partial charge in [-0.1, -0.05) is 35.9 Å². The average molecular weight is 426 g/mol. The van der Waals surface area contributed by atoms with Crippen LogP contribution in [0.15, 0.2) is 42.5 Å². The number of pyridine rings is 1. The Labute approximate surface area is 183 Å². The normalized spacial score (nSPS) is 19.9. The van der Waals surface area contributed by atoms with E-state index in [4.69, 9.17) is 16.6 Å². The van der Waals surface area contributed by atoms with Crippen molar-refractivity contribution < 1.29 is 9.59 Å². The van der Waals surface area contributed by atoms with Gasteiger partial charge in [0.05, 0.1) is 11.7 Å².